The minimum atomic E-state index is -0.940. The first-order chi connectivity index (χ1) is 8.54. The van der Waals surface area contributed by atoms with Crippen molar-refractivity contribution in [2.24, 2.45) is 0 Å². The molecule has 0 saturated carbocycles. The highest BCUT2D eigenvalue weighted by Crippen LogP contribution is 2.25. The number of rotatable bonds is 7. The highest BCUT2D eigenvalue weighted by atomic mass is 32.2. The maximum Gasteiger partial charge on any atom is 0.169 e. The molecule has 0 aromatic rings. The molecule has 1 fully saturated rings. The van der Waals surface area contributed by atoms with Crippen LogP contribution in [-0.4, -0.2) is 86.5 Å². The lowest BCUT2D eigenvalue weighted by molar-refractivity contribution is -0.0500. The lowest BCUT2D eigenvalue weighted by Crippen LogP contribution is -2.42. The van der Waals surface area contributed by atoms with Gasteiger partial charge in [0, 0.05) is 17.5 Å². The molecule has 0 aliphatic carbocycles. The van der Waals surface area contributed by atoms with E-state index in [1.54, 1.807) is 6.92 Å². The number of hydrogen-bond donors (Lipinski definition) is 5. The van der Waals surface area contributed by atoms with Crippen LogP contribution in [0.2, 0.25) is 0 Å². The smallest absolute Gasteiger partial charge is 0.169 e. The first kappa shape index (κ1) is 16.2. The summed E-state index contributed by atoms with van der Waals surface area (Å²) in [4.78, 5) is 0. The molecule has 0 radical (unpaired) electrons. The van der Waals surface area contributed by atoms with Gasteiger partial charge in [-0.3, -0.25) is 0 Å². The summed E-state index contributed by atoms with van der Waals surface area (Å²) < 4.78 is 5.20. The van der Waals surface area contributed by atoms with E-state index in [1.165, 1.54) is 0 Å². The van der Waals surface area contributed by atoms with Crippen LogP contribution in [0.25, 0.3) is 0 Å². The molecule has 0 amide bonds. The molecule has 1 saturated heterocycles. The number of hydrogen-bond acceptors (Lipinski definition) is 6. The van der Waals surface area contributed by atoms with E-state index in [9.17, 15) is 20.4 Å². The lowest BCUT2D eigenvalue weighted by Gasteiger charge is -2.21. The molecule has 1 rings (SSSR count). The van der Waals surface area contributed by atoms with Gasteiger partial charge in [-0.25, -0.2) is 0 Å². The Labute approximate surface area is 110 Å². The highest BCUT2D eigenvalue weighted by Gasteiger charge is 2.50. The third-order valence-electron chi connectivity index (χ3n) is 3.14. The predicted octanol–water partition coefficient (Wildman–Crippen LogP) is -2.54. The van der Waals surface area contributed by atoms with Crippen molar-refractivity contribution in [2.75, 3.05) is 31.3 Å². The standard InChI is InChI=1S/C11H23O6S/c1-2-17-9(3-12)7(14)5-18-6-8(15)11(16)10(18)4-13/h7-16H,2-6H2,1H3/q+1/t7-,8-,9+,10-,11+,18?/m1/s1. The van der Waals surface area contributed by atoms with Crippen LogP contribution >= 0.6 is 0 Å². The van der Waals surface area contributed by atoms with Gasteiger partial charge in [0.15, 0.2) is 5.25 Å². The predicted molar refractivity (Wildman–Crippen MR) is 68.5 cm³/mol. The van der Waals surface area contributed by atoms with Crippen molar-refractivity contribution in [3.8, 4) is 0 Å². The molecule has 18 heavy (non-hydrogen) atoms. The van der Waals surface area contributed by atoms with Crippen molar-refractivity contribution in [2.45, 2.75) is 36.6 Å². The monoisotopic (exact) mass is 283 g/mol. The molecule has 1 aliphatic rings. The van der Waals surface area contributed by atoms with E-state index in [0.717, 1.165) is 0 Å². The average molecular weight is 283 g/mol. The molecular weight excluding hydrogens is 260 g/mol. The van der Waals surface area contributed by atoms with Gasteiger partial charge in [-0.15, -0.1) is 0 Å². The average Bonchev–Trinajstić information content (AvgIpc) is 2.61. The molecule has 1 aliphatic heterocycles. The SMILES string of the molecule is CCO[C@@H](CO)[C@H](O)C[S+]1C[C@@H](O)[C@H](O)[C@H]1CO. The molecule has 0 aromatic carbocycles. The number of ether oxygens (including phenoxy) is 1. The van der Waals surface area contributed by atoms with Gasteiger partial charge in [0.2, 0.25) is 0 Å². The quantitative estimate of drug-likeness (QED) is 0.329. The third kappa shape index (κ3) is 3.80. The van der Waals surface area contributed by atoms with Gasteiger partial charge >= 0.3 is 0 Å². The largest absolute Gasteiger partial charge is 0.394 e. The fourth-order valence-electron chi connectivity index (χ4n) is 2.12. The van der Waals surface area contributed by atoms with Crippen molar-refractivity contribution in [1.82, 2.24) is 0 Å². The van der Waals surface area contributed by atoms with Crippen molar-refractivity contribution in [3.63, 3.8) is 0 Å². The van der Waals surface area contributed by atoms with E-state index in [1.807, 2.05) is 0 Å². The van der Waals surface area contributed by atoms with Gasteiger partial charge in [0.1, 0.15) is 35.9 Å². The summed E-state index contributed by atoms with van der Waals surface area (Å²) >= 11 is 0. The van der Waals surface area contributed by atoms with Crippen molar-refractivity contribution in [1.29, 1.82) is 0 Å². The summed E-state index contributed by atoms with van der Waals surface area (Å²) in [6.07, 6.45) is -3.30. The molecule has 6 nitrogen and oxygen atoms in total. The zero-order chi connectivity index (χ0) is 13.7. The first-order valence-electron chi connectivity index (χ1n) is 6.08. The van der Waals surface area contributed by atoms with Crippen LogP contribution in [0.5, 0.6) is 0 Å². The van der Waals surface area contributed by atoms with Gasteiger partial charge in [-0.2, -0.15) is 0 Å². The molecular formula is C11H23O6S+. The van der Waals surface area contributed by atoms with Crippen molar-refractivity contribution in [3.05, 3.63) is 0 Å². The van der Waals surface area contributed by atoms with Gasteiger partial charge in [0.05, 0.1) is 13.2 Å². The van der Waals surface area contributed by atoms with Gasteiger partial charge in [-0.1, -0.05) is 0 Å². The number of aliphatic hydroxyl groups excluding tert-OH is 5. The van der Waals surface area contributed by atoms with Crippen molar-refractivity contribution < 1.29 is 30.3 Å². The van der Waals surface area contributed by atoms with Crippen LogP contribution in [0, 0.1) is 0 Å². The molecule has 1 heterocycles. The first-order valence-corrected chi connectivity index (χ1v) is 7.71. The normalized spacial score (nSPS) is 35.7. The Balaban J connectivity index is 2.55. The second-order valence-corrected chi connectivity index (χ2v) is 6.74. The molecule has 7 heteroatoms. The van der Waals surface area contributed by atoms with Crippen LogP contribution in [0.1, 0.15) is 6.92 Å². The van der Waals surface area contributed by atoms with Crippen LogP contribution in [-0.2, 0) is 15.6 Å². The molecule has 1 unspecified atom stereocenters. The second kappa shape index (κ2) is 7.64. The fraction of sp³-hybridized carbons (Fsp3) is 1.00. The van der Waals surface area contributed by atoms with Crippen LogP contribution in [0.3, 0.4) is 0 Å². The van der Waals surface area contributed by atoms with Crippen molar-refractivity contribution >= 4 is 10.9 Å². The number of aliphatic hydroxyl groups is 5. The van der Waals surface area contributed by atoms with Gasteiger partial charge < -0.3 is 30.3 Å². The van der Waals surface area contributed by atoms with E-state index in [4.69, 9.17) is 9.84 Å². The third-order valence-corrected chi connectivity index (χ3v) is 5.97. The Hall–Kier alpha value is 0.110. The summed E-state index contributed by atoms with van der Waals surface area (Å²) in [6.45, 7) is 1.68. The zero-order valence-electron chi connectivity index (χ0n) is 10.5. The minimum Gasteiger partial charge on any atom is -0.394 e. The van der Waals surface area contributed by atoms with Gasteiger partial charge in [-0.05, 0) is 6.92 Å². The summed E-state index contributed by atoms with van der Waals surface area (Å²) in [6, 6.07) is 0. The lowest BCUT2D eigenvalue weighted by atomic mass is 10.2. The second-order valence-electron chi connectivity index (χ2n) is 4.39. The van der Waals surface area contributed by atoms with Crippen LogP contribution in [0.15, 0.2) is 0 Å². The Morgan fingerprint density at radius 1 is 1.33 bits per heavy atom. The van der Waals surface area contributed by atoms with E-state index in [0.29, 0.717) is 18.1 Å². The summed E-state index contributed by atoms with van der Waals surface area (Å²) in [7, 11) is -0.472. The maximum absolute atomic E-state index is 9.96. The molecule has 0 bridgehead atoms. The summed E-state index contributed by atoms with van der Waals surface area (Å²) in [5, 5.41) is 47.1. The van der Waals surface area contributed by atoms with Crippen LogP contribution < -0.4 is 0 Å². The van der Waals surface area contributed by atoms with Gasteiger partial charge in [0.25, 0.3) is 0 Å². The Kier molecular flexibility index (Phi) is 6.86. The Bertz CT molecular complexity index is 242. The Morgan fingerprint density at radius 3 is 2.50 bits per heavy atom. The van der Waals surface area contributed by atoms with E-state index in [2.05, 4.69) is 0 Å². The summed E-state index contributed by atoms with van der Waals surface area (Å²) in [5.74, 6) is 0.679. The minimum absolute atomic E-state index is 0.216. The maximum atomic E-state index is 9.96. The van der Waals surface area contributed by atoms with E-state index < -0.39 is 40.6 Å². The zero-order valence-corrected chi connectivity index (χ0v) is 11.3. The fourth-order valence-corrected chi connectivity index (χ4v) is 4.82. The Morgan fingerprint density at radius 2 is 2.00 bits per heavy atom. The topological polar surface area (TPSA) is 110 Å². The molecule has 108 valence electrons. The molecule has 0 spiro atoms. The molecule has 0 aromatic heterocycles. The molecule has 6 atom stereocenters. The van der Waals surface area contributed by atoms with E-state index >= 15 is 0 Å². The summed E-state index contributed by atoms with van der Waals surface area (Å²) in [5.41, 5.74) is 0. The molecule has 5 N–H and O–H groups in total. The highest BCUT2D eigenvalue weighted by molar-refractivity contribution is 7.97. The van der Waals surface area contributed by atoms with Crippen LogP contribution in [0.4, 0.5) is 0 Å². The van der Waals surface area contributed by atoms with E-state index in [-0.39, 0.29) is 13.2 Å².